The van der Waals surface area contributed by atoms with E-state index in [1.54, 1.807) is 7.11 Å². The summed E-state index contributed by atoms with van der Waals surface area (Å²) in [6.45, 7) is 5.42. The van der Waals surface area contributed by atoms with Crippen LogP contribution in [0.1, 0.15) is 19.4 Å². The van der Waals surface area contributed by atoms with Gasteiger partial charge >= 0.3 is 0 Å². The Bertz CT molecular complexity index is 569. The third kappa shape index (κ3) is 3.69. The third-order valence-corrected chi connectivity index (χ3v) is 3.79. The first-order valence-corrected chi connectivity index (χ1v) is 7.39. The number of nitrogens with two attached hydrogens (primary N) is 1. The molecule has 0 aliphatic heterocycles. The second-order valence-electron chi connectivity index (χ2n) is 5.25. The smallest absolute Gasteiger partial charge is 0.141 e. The number of ether oxygens (including phenoxy) is 1. The molecule has 0 bridgehead atoms. The summed E-state index contributed by atoms with van der Waals surface area (Å²) in [5, 5.41) is 0. The van der Waals surface area contributed by atoms with E-state index < -0.39 is 0 Å². The van der Waals surface area contributed by atoms with Gasteiger partial charge in [0, 0.05) is 18.3 Å². The van der Waals surface area contributed by atoms with Crippen molar-refractivity contribution in [2.75, 3.05) is 24.3 Å². The van der Waals surface area contributed by atoms with Crippen LogP contribution >= 0.6 is 0 Å². The summed E-state index contributed by atoms with van der Waals surface area (Å²) in [6, 6.07) is 17.0. The fourth-order valence-corrected chi connectivity index (χ4v) is 2.73. The van der Waals surface area contributed by atoms with Crippen molar-refractivity contribution in [2.24, 2.45) is 0 Å². The van der Waals surface area contributed by atoms with Crippen molar-refractivity contribution in [1.29, 1.82) is 0 Å². The maximum atomic E-state index is 5.99. The number of rotatable bonds is 6. The molecule has 0 aliphatic rings. The van der Waals surface area contributed by atoms with E-state index in [9.17, 15) is 0 Å². The summed E-state index contributed by atoms with van der Waals surface area (Å²) in [4.78, 5) is 2.40. The van der Waals surface area contributed by atoms with Crippen molar-refractivity contribution in [1.82, 2.24) is 0 Å². The molecule has 2 aromatic carbocycles. The van der Waals surface area contributed by atoms with Gasteiger partial charge in [0.05, 0.1) is 12.8 Å². The van der Waals surface area contributed by atoms with Gasteiger partial charge in [0.15, 0.2) is 0 Å². The van der Waals surface area contributed by atoms with E-state index in [1.807, 2.05) is 18.2 Å². The minimum absolute atomic E-state index is 0.408. The van der Waals surface area contributed by atoms with Gasteiger partial charge in [0.25, 0.3) is 0 Å². The highest BCUT2D eigenvalue weighted by Crippen LogP contribution is 2.24. The number of benzene rings is 2. The van der Waals surface area contributed by atoms with Crippen LogP contribution in [0.15, 0.2) is 48.5 Å². The van der Waals surface area contributed by atoms with Crippen molar-refractivity contribution >= 4 is 11.4 Å². The van der Waals surface area contributed by atoms with Crippen molar-refractivity contribution in [2.45, 2.75) is 26.3 Å². The fraction of sp³-hybridized carbons (Fsp3) is 0.333. The quantitative estimate of drug-likeness (QED) is 0.821. The SMILES string of the molecule is CCN(c1ccccc1)C(C)Cc1ccc(OC)c(N)c1. The third-order valence-electron chi connectivity index (χ3n) is 3.79. The lowest BCUT2D eigenvalue weighted by molar-refractivity contribution is 0.417. The zero-order chi connectivity index (χ0) is 15.2. The molecule has 0 fully saturated rings. The van der Waals surface area contributed by atoms with Gasteiger partial charge in [0.1, 0.15) is 5.75 Å². The summed E-state index contributed by atoms with van der Waals surface area (Å²) >= 11 is 0. The Balaban J connectivity index is 2.12. The number of likely N-dealkylation sites (N-methyl/N-ethyl adjacent to an activating group) is 1. The molecule has 0 spiro atoms. The summed E-state index contributed by atoms with van der Waals surface area (Å²) in [7, 11) is 1.64. The van der Waals surface area contributed by atoms with E-state index in [2.05, 4.69) is 49.1 Å². The molecule has 0 aliphatic carbocycles. The van der Waals surface area contributed by atoms with Crippen LogP contribution < -0.4 is 15.4 Å². The number of anilines is 2. The Labute approximate surface area is 127 Å². The fourth-order valence-electron chi connectivity index (χ4n) is 2.73. The molecule has 1 atom stereocenters. The molecule has 2 aromatic rings. The minimum atomic E-state index is 0.408. The summed E-state index contributed by atoms with van der Waals surface area (Å²) in [5.41, 5.74) is 9.18. The second kappa shape index (κ2) is 7.02. The van der Waals surface area contributed by atoms with E-state index in [0.717, 1.165) is 18.7 Å². The molecule has 0 heterocycles. The number of hydrogen-bond donors (Lipinski definition) is 1. The van der Waals surface area contributed by atoms with Crippen LogP contribution in [0.2, 0.25) is 0 Å². The first kappa shape index (κ1) is 15.2. The molecule has 2 N–H and O–H groups in total. The monoisotopic (exact) mass is 284 g/mol. The summed E-state index contributed by atoms with van der Waals surface area (Å²) in [6.07, 6.45) is 0.955. The average molecular weight is 284 g/mol. The van der Waals surface area contributed by atoms with Gasteiger partial charge in [0.2, 0.25) is 0 Å². The average Bonchev–Trinajstić information content (AvgIpc) is 2.49. The number of hydrogen-bond acceptors (Lipinski definition) is 3. The molecular weight excluding hydrogens is 260 g/mol. The lowest BCUT2D eigenvalue weighted by Crippen LogP contribution is -2.34. The van der Waals surface area contributed by atoms with Crippen molar-refractivity contribution < 1.29 is 4.74 Å². The highest BCUT2D eigenvalue weighted by atomic mass is 16.5. The first-order chi connectivity index (χ1) is 10.2. The van der Waals surface area contributed by atoms with E-state index in [0.29, 0.717) is 11.7 Å². The van der Waals surface area contributed by atoms with Gasteiger partial charge in [-0.3, -0.25) is 0 Å². The molecule has 0 aromatic heterocycles. The molecule has 0 saturated carbocycles. The van der Waals surface area contributed by atoms with Crippen LogP contribution in [0.3, 0.4) is 0 Å². The molecule has 0 radical (unpaired) electrons. The standard InChI is InChI=1S/C18H24N2O/c1-4-20(16-8-6-5-7-9-16)14(2)12-15-10-11-18(21-3)17(19)13-15/h5-11,13-14H,4,12,19H2,1-3H3. The topological polar surface area (TPSA) is 38.5 Å². The van der Waals surface area contributed by atoms with E-state index in [4.69, 9.17) is 10.5 Å². The largest absolute Gasteiger partial charge is 0.495 e. The Morgan fingerprint density at radius 1 is 1.14 bits per heavy atom. The van der Waals surface area contributed by atoms with Crippen LogP contribution in [0.5, 0.6) is 5.75 Å². The Morgan fingerprint density at radius 3 is 2.43 bits per heavy atom. The Hall–Kier alpha value is -2.16. The van der Waals surface area contributed by atoms with Gasteiger partial charge in [-0.1, -0.05) is 24.3 Å². The molecular formula is C18H24N2O. The first-order valence-electron chi connectivity index (χ1n) is 7.39. The second-order valence-corrected chi connectivity index (χ2v) is 5.25. The van der Waals surface area contributed by atoms with Gasteiger partial charge in [-0.05, 0) is 50.1 Å². The molecule has 0 saturated heterocycles. The maximum absolute atomic E-state index is 5.99. The van der Waals surface area contributed by atoms with Gasteiger partial charge in [-0.2, -0.15) is 0 Å². The van der Waals surface area contributed by atoms with Crippen molar-refractivity contribution in [3.8, 4) is 5.75 Å². The van der Waals surface area contributed by atoms with Crippen LogP contribution in [-0.4, -0.2) is 19.7 Å². The number of methoxy groups -OCH3 is 1. The van der Waals surface area contributed by atoms with Crippen molar-refractivity contribution in [3.05, 3.63) is 54.1 Å². The maximum Gasteiger partial charge on any atom is 0.141 e. The molecule has 112 valence electrons. The van der Waals surface area contributed by atoms with E-state index in [-0.39, 0.29) is 0 Å². The molecule has 3 nitrogen and oxygen atoms in total. The van der Waals surface area contributed by atoms with Gasteiger partial charge < -0.3 is 15.4 Å². The molecule has 1 unspecified atom stereocenters. The Morgan fingerprint density at radius 2 is 1.86 bits per heavy atom. The van der Waals surface area contributed by atoms with E-state index in [1.165, 1.54) is 11.3 Å². The minimum Gasteiger partial charge on any atom is -0.495 e. The van der Waals surface area contributed by atoms with Crippen molar-refractivity contribution in [3.63, 3.8) is 0 Å². The normalized spacial score (nSPS) is 12.0. The lowest BCUT2D eigenvalue weighted by Gasteiger charge is -2.30. The highest BCUT2D eigenvalue weighted by Gasteiger charge is 2.13. The van der Waals surface area contributed by atoms with Crippen LogP contribution in [0, 0.1) is 0 Å². The highest BCUT2D eigenvalue weighted by molar-refractivity contribution is 5.54. The van der Waals surface area contributed by atoms with Crippen LogP contribution in [0.4, 0.5) is 11.4 Å². The van der Waals surface area contributed by atoms with Gasteiger partial charge in [-0.25, -0.2) is 0 Å². The predicted octanol–water partition coefficient (Wildman–Crippen LogP) is 3.73. The van der Waals surface area contributed by atoms with Gasteiger partial charge in [-0.15, -0.1) is 0 Å². The molecule has 21 heavy (non-hydrogen) atoms. The summed E-state index contributed by atoms with van der Waals surface area (Å²) in [5.74, 6) is 0.738. The predicted molar refractivity (Wildman–Crippen MR) is 90.0 cm³/mol. The zero-order valence-corrected chi connectivity index (χ0v) is 13.0. The molecule has 0 amide bonds. The molecule has 2 rings (SSSR count). The number of para-hydroxylation sites is 1. The van der Waals surface area contributed by atoms with Crippen LogP contribution in [0.25, 0.3) is 0 Å². The lowest BCUT2D eigenvalue weighted by atomic mass is 10.0. The zero-order valence-electron chi connectivity index (χ0n) is 13.0. The number of nitrogen functional groups attached to an aromatic ring is 1. The number of nitrogens with zero attached hydrogens (tertiary/aromatic N) is 1. The molecule has 3 heteroatoms. The van der Waals surface area contributed by atoms with E-state index >= 15 is 0 Å². The van der Waals surface area contributed by atoms with Crippen LogP contribution in [-0.2, 0) is 6.42 Å². The Kier molecular flexibility index (Phi) is 5.09. The summed E-state index contributed by atoms with van der Waals surface area (Å²) < 4.78 is 5.21.